The molecule has 0 aliphatic heterocycles. The predicted octanol–water partition coefficient (Wildman–Crippen LogP) is 2.80. The van der Waals surface area contributed by atoms with Crippen molar-refractivity contribution in [3.05, 3.63) is 60.2 Å². The summed E-state index contributed by atoms with van der Waals surface area (Å²) in [7, 11) is 0. The summed E-state index contributed by atoms with van der Waals surface area (Å²) in [4.78, 5) is 0. The van der Waals surface area contributed by atoms with Gasteiger partial charge in [0, 0.05) is 18.4 Å². The van der Waals surface area contributed by atoms with Crippen LogP contribution in [0.3, 0.4) is 0 Å². The summed E-state index contributed by atoms with van der Waals surface area (Å²) in [5, 5.41) is 0. The van der Waals surface area contributed by atoms with Crippen LogP contribution in [0.15, 0.2) is 48.8 Å². The average molecular weight is 218 g/mol. The van der Waals surface area contributed by atoms with E-state index in [1.807, 2.05) is 48.3 Å². The van der Waals surface area contributed by atoms with Gasteiger partial charge in [0.2, 0.25) is 0 Å². The molecule has 2 aromatic rings. The van der Waals surface area contributed by atoms with E-state index in [0.717, 1.165) is 5.56 Å². The Morgan fingerprint density at radius 2 is 1.88 bits per heavy atom. The Morgan fingerprint density at radius 1 is 1.19 bits per heavy atom. The van der Waals surface area contributed by atoms with Crippen LogP contribution in [0.25, 0.3) is 0 Å². The molecule has 2 nitrogen and oxygen atoms in total. The van der Waals surface area contributed by atoms with Gasteiger partial charge in [-0.15, -0.1) is 0 Å². The van der Waals surface area contributed by atoms with Crippen molar-refractivity contribution in [2.24, 2.45) is 0 Å². The number of aromatic nitrogens is 1. The number of hydrogen-bond donors (Lipinski definition) is 1. The third kappa shape index (κ3) is 2.63. The van der Waals surface area contributed by atoms with Crippen LogP contribution < -0.4 is 5.43 Å². The highest BCUT2D eigenvalue weighted by Gasteiger charge is 2.06. The van der Waals surface area contributed by atoms with Crippen LogP contribution in [-0.2, 0) is 6.42 Å². The maximum Gasteiger partial charge on any atom is 0.126 e. The first-order valence-electron chi connectivity index (χ1n) is 5.38. The second-order valence-corrected chi connectivity index (χ2v) is 3.92. The Bertz CT molecular complexity index is 437. The lowest BCUT2D eigenvalue weighted by atomic mass is 10.1. The molecule has 16 heavy (non-hydrogen) atoms. The molecule has 0 radical (unpaired) electrons. The SMILES string of the molecule is CC(Cc1ccccc1F)Nn1cccc1. The van der Waals surface area contributed by atoms with Gasteiger partial charge in [0.05, 0.1) is 0 Å². The Hall–Kier alpha value is -1.77. The monoisotopic (exact) mass is 218 g/mol. The zero-order valence-electron chi connectivity index (χ0n) is 9.23. The Labute approximate surface area is 94.7 Å². The Kier molecular flexibility index (Phi) is 3.25. The molecular formula is C13H15FN2. The van der Waals surface area contributed by atoms with E-state index in [4.69, 9.17) is 0 Å². The summed E-state index contributed by atoms with van der Waals surface area (Å²) >= 11 is 0. The van der Waals surface area contributed by atoms with Crippen molar-refractivity contribution in [1.29, 1.82) is 0 Å². The molecule has 0 amide bonds. The minimum atomic E-state index is -0.136. The van der Waals surface area contributed by atoms with Gasteiger partial charge in [-0.3, -0.25) is 4.68 Å². The Balaban J connectivity index is 1.97. The summed E-state index contributed by atoms with van der Waals surface area (Å²) in [5.41, 5.74) is 3.99. The lowest BCUT2D eigenvalue weighted by Crippen LogP contribution is -2.26. The third-order valence-electron chi connectivity index (χ3n) is 2.46. The van der Waals surface area contributed by atoms with E-state index >= 15 is 0 Å². The largest absolute Gasteiger partial charge is 0.323 e. The molecule has 1 atom stereocenters. The molecule has 1 aromatic carbocycles. The molecule has 1 N–H and O–H groups in total. The lowest BCUT2D eigenvalue weighted by molar-refractivity contribution is 0.591. The molecule has 2 rings (SSSR count). The molecule has 3 heteroatoms. The highest BCUT2D eigenvalue weighted by Crippen LogP contribution is 2.09. The van der Waals surface area contributed by atoms with Crippen molar-refractivity contribution >= 4 is 0 Å². The normalized spacial score (nSPS) is 12.4. The third-order valence-corrected chi connectivity index (χ3v) is 2.46. The van der Waals surface area contributed by atoms with Crippen molar-refractivity contribution in [2.45, 2.75) is 19.4 Å². The number of halogens is 1. The molecule has 0 fully saturated rings. The first-order chi connectivity index (χ1) is 7.75. The maximum absolute atomic E-state index is 13.4. The Morgan fingerprint density at radius 3 is 2.56 bits per heavy atom. The maximum atomic E-state index is 13.4. The lowest BCUT2D eigenvalue weighted by Gasteiger charge is -2.16. The molecule has 84 valence electrons. The highest BCUT2D eigenvalue weighted by atomic mass is 19.1. The summed E-state index contributed by atoms with van der Waals surface area (Å²) in [5.74, 6) is -0.136. The van der Waals surface area contributed by atoms with Crippen molar-refractivity contribution in [3.8, 4) is 0 Å². The molecule has 0 spiro atoms. The molecule has 1 heterocycles. The summed E-state index contributed by atoms with van der Waals surface area (Å²) < 4.78 is 15.3. The van der Waals surface area contributed by atoms with Crippen LogP contribution in [0, 0.1) is 5.82 Å². The van der Waals surface area contributed by atoms with Gasteiger partial charge in [-0.1, -0.05) is 18.2 Å². The molecule has 0 aliphatic carbocycles. The summed E-state index contributed by atoms with van der Waals surface area (Å²) in [6.07, 6.45) is 4.53. The number of hydrogen-bond acceptors (Lipinski definition) is 1. The second-order valence-electron chi connectivity index (χ2n) is 3.92. The quantitative estimate of drug-likeness (QED) is 0.835. The predicted molar refractivity (Wildman–Crippen MR) is 63.4 cm³/mol. The van der Waals surface area contributed by atoms with Gasteiger partial charge in [0.1, 0.15) is 5.82 Å². The molecule has 1 unspecified atom stereocenters. The fraction of sp³-hybridized carbons (Fsp3) is 0.231. The standard InChI is InChI=1S/C13H15FN2/c1-11(15-16-8-4-5-9-16)10-12-6-2-3-7-13(12)14/h2-9,11,15H,10H2,1H3. The van der Waals surface area contributed by atoms with Gasteiger partial charge in [-0.2, -0.15) is 0 Å². The topological polar surface area (TPSA) is 17.0 Å². The van der Waals surface area contributed by atoms with Gasteiger partial charge < -0.3 is 5.43 Å². The zero-order chi connectivity index (χ0) is 11.4. The van der Waals surface area contributed by atoms with E-state index < -0.39 is 0 Å². The summed E-state index contributed by atoms with van der Waals surface area (Å²) in [6.45, 7) is 2.03. The fourth-order valence-electron chi connectivity index (χ4n) is 1.71. The number of rotatable bonds is 4. The van der Waals surface area contributed by atoms with E-state index in [1.54, 1.807) is 6.07 Å². The van der Waals surface area contributed by atoms with Gasteiger partial charge in [0.15, 0.2) is 0 Å². The van der Waals surface area contributed by atoms with Crippen molar-refractivity contribution in [3.63, 3.8) is 0 Å². The van der Waals surface area contributed by atoms with Crippen LogP contribution in [0.5, 0.6) is 0 Å². The molecule has 0 bridgehead atoms. The first-order valence-corrected chi connectivity index (χ1v) is 5.38. The van der Waals surface area contributed by atoms with Gasteiger partial charge in [-0.05, 0) is 37.1 Å². The van der Waals surface area contributed by atoms with E-state index in [9.17, 15) is 4.39 Å². The van der Waals surface area contributed by atoms with Gasteiger partial charge in [-0.25, -0.2) is 4.39 Å². The summed E-state index contributed by atoms with van der Waals surface area (Å²) in [6, 6.07) is 11.0. The van der Waals surface area contributed by atoms with Crippen LogP contribution in [0.4, 0.5) is 4.39 Å². The van der Waals surface area contributed by atoms with E-state index in [2.05, 4.69) is 5.43 Å². The molecule has 1 aromatic heterocycles. The van der Waals surface area contributed by atoms with E-state index in [1.165, 1.54) is 6.07 Å². The average Bonchev–Trinajstić information content (AvgIpc) is 2.74. The minimum absolute atomic E-state index is 0.136. The zero-order valence-corrected chi connectivity index (χ0v) is 9.23. The van der Waals surface area contributed by atoms with Crippen LogP contribution in [-0.4, -0.2) is 10.7 Å². The molecule has 0 saturated carbocycles. The van der Waals surface area contributed by atoms with Gasteiger partial charge >= 0.3 is 0 Å². The van der Waals surface area contributed by atoms with Gasteiger partial charge in [0.25, 0.3) is 0 Å². The van der Waals surface area contributed by atoms with Crippen molar-refractivity contribution in [2.75, 3.05) is 5.43 Å². The van der Waals surface area contributed by atoms with Crippen molar-refractivity contribution < 1.29 is 4.39 Å². The van der Waals surface area contributed by atoms with E-state index in [0.29, 0.717) is 6.42 Å². The molecule has 0 aliphatic rings. The number of benzene rings is 1. The number of nitrogens with one attached hydrogen (secondary N) is 1. The smallest absolute Gasteiger partial charge is 0.126 e. The minimum Gasteiger partial charge on any atom is -0.323 e. The van der Waals surface area contributed by atoms with Crippen LogP contribution >= 0.6 is 0 Å². The van der Waals surface area contributed by atoms with Crippen LogP contribution in [0.1, 0.15) is 12.5 Å². The van der Waals surface area contributed by atoms with Crippen LogP contribution in [0.2, 0.25) is 0 Å². The van der Waals surface area contributed by atoms with Crippen molar-refractivity contribution in [1.82, 2.24) is 4.68 Å². The first kappa shape index (κ1) is 10.7. The fourth-order valence-corrected chi connectivity index (χ4v) is 1.71. The molecular weight excluding hydrogens is 203 g/mol. The molecule has 0 saturated heterocycles. The number of nitrogens with zero attached hydrogens (tertiary/aromatic N) is 1. The highest BCUT2D eigenvalue weighted by molar-refractivity contribution is 5.18. The van der Waals surface area contributed by atoms with E-state index in [-0.39, 0.29) is 11.9 Å². The second kappa shape index (κ2) is 4.84.